The number of nitrogens with one attached hydrogen (secondary N) is 3. The predicted molar refractivity (Wildman–Crippen MR) is 71.0 cm³/mol. The van der Waals surface area contributed by atoms with E-state index in [1.165, 1.54) is 19.3 Å². The van der Waals surface area contributed by atoms with Gasteiger partial charge in [-0.2, -0.15) is 0 Å². The van der Waals surface area contributed by atoms with Crippen LogP contribution in [0.15, 0.2) is 0 Å². The predicted octanol–water partition coefficient (Wildman–Crippen LogP) is 0.862. The van der Waals surface area contributed by atoms with Gasteiger partial charge < -0.3 is 0 Å². The Kier molecular flexibility index (Phi) is 3.48. The van der Waals surface area contributed by atoms with E-state index in [2.05, 4.69) is 43.3 Å². The average Bonchev–Trinajstić information content (AvgIpc) is 2.69. The van der Waals surface area contributed by atoms with Gasteiger partial charge in [-0.3, -0.25) is 10.6 Å². The smallest absolute Gasteiger partial charge is 0.129 e. The first-order chi connectivity index (χ1) is 7.78. The lowest BCUT2D eigenvalue weighted by Crippen LogP contribution is -2.65. The lowest BCUT2D eigenvalue weighted by Gasteiger charge is -2.45. The van der Waals surface area contributed by atoms with Gasteiger partial charge in [-0.1, -0.05) is 22.4 Å². The molecule has 2 aliphatic heterocycles. The molecule has 1 saturated carbocycles. The van der Waals surface area contributed by atoms with Crippen LogP contribution in [0, 0.1) is 5.92 Å². The van der Waals surface area contributed by atoms with E-state index in [-0.39, 0.29) is 0 Å². The van der Waals surface area contributed by atoms with Gasteiger partial charge in [-0.25, -0.2) is 10.4 Å². The van der Waals surface area contributed by atoms with Gasteiger partial charge in [0.25, 0.3) is 0 Å². The van der Waals surface area contributed by atoms with Crippen molar-refractivity contribution in [1.29, 1.82) is 0 Å². The average molecular weight is 307 g/mol. The Bertz CT molecular complexity index is 267. The Balaban J connectivity index is 1.69. The van der Waals surface area contributed by atoms with Crippen LogP contribution in [0.1, 0.15) is 19.3 Å². The minimum atomic E-state index is 0.303. The third kappa shape index (κ3) is 2.04. The highest BCUT2D eigenvalue weighted by Gasteiger charge is 2.43. The highest BCUT2D eigenvalue weighted by Crippen LogP contribution is 2.33. The zero-order valence-electron chi connectivity index (χ0n) is 9.45. The molecule has 0 aromatic heterocycles. The van der Waals surface area contributed by atoms with Crippen molar-refractivity contribution in [3.63, 3.8) is 0 Å². The zero-order valence-corrected chi connectivity index (χ0v) is 11.9. The van der Waals surface area contributed by atoms with Gasteiger partial charge >= 0.3 is 0 Å². The lowest BCUT2D eigenvalue weighted by atomic mass is 9.83. The quantitative estimate of drug-likeness (QED) is 0.627. The van der Waals surface area contributed by atoms with Crippen molar-refractivity contribution in [3.8, 4) is 0 Å². The maximum absolute atomic E-state index is 3.82. The summed E-state index contributed by atoms with van der Waals surface area (Å²) >= 11 is 5.64. The van der Waals surface area contributed by atoms with Crippen molar-refractivity contribution < 1.29 is 0 Å². The normalized spacial score (nSPS) is 48.8. The van der Waals surface area contributed by atoms with Crippen LogP contribution >= 0.6 is 27.7 Å². The summed E-state index contributed by atoms with van der Waals surface area (Å²) in [6.45, 7) is 1.16. The van der Waals surface area contributed by atoms with E-state index in [1.54, 1.807) is 0 Å². The van der Waals surface area contributed by atoms with Gasteiger partial charge in [-0.05, 0) is 25.0 Å². The first-order valence-electron chi connectivity index (χ1n) is 5.99. The molecule has 6 heteroatoms. The van der Waals surface area contributed by atoms with Gasteiger partial charge in [0.05, 0.1) is 0 Å². The van der Waals surface area contributed by atoms with Crippen molar-refractivity contribution >= 4 is 27.7 Å². The summed E-state index contributed by atoms with van der Waals surface area (Å²) in [5, 5.41) is 9.59. The third-order valence-electron chi connectivity index (χ3n) is 3.87. The van der Waals surface area contributed by atoms with E-state index < -0.39 is 0 Å². The summed E-state index contributed by atoms with van der Waals surface area (Å²) in [5.41, 5.74) is 3.85. The Morgan fingerprint density at radius 1 is 1.31 bits per heavy atom. The molecule has 3 aliphatic rings. The van der Waals surface area contributed by atoms with Crippen LogP contribution in [-0.2, 0) is 0 Å². The second-order valence-electron chi connectivity index (χ2n) is 4.87. The van der Waals surface area contributed by atoms with Crippen LogP contribution in [0.2, 0.25) is 0 Å². The van der Waals surface area contributed by atoms with Gasteiger partial charge in [0, 0.05) is 17.4 Å². The number of hydrogen-bond acceptors (Lipinski definition) is 5. The van der Waals surface area contributed by atoms with Crippen LogP contribution in [0.4, 0.5) is 0 Å². The van der Waals surface area contributed by atoms with Crippen LogP contribution in [0.3, 0.4) is 0 Å². The SMILES string of the molecule is CSC1NC2NC3C(Br)CCCC3CN2N1. The molecular formula is C10H19BrN4S. The Morgan fingerprint density at radius 3 is 3.00 bits per heavy atom. The molecule has 0 spiro atoms. The molecule has 3 fully saturated rings. The molecule has 0 radical (unpaired) electrons. The van der Waals surface area contributed by atoms with Crippen LogP contribution in [0.25, 0.3) is 0 Å². The van der Waals surface area contributed by atoms with Gasteiger partial charge in [-0.15, -0.1) is 11.8 Å². The van der Waals surface area contributed by atoms with Gasteiger partial charge in [0.1, 0.15) is 11.8 Å². The van der Waals surface area contributed by atoms with Crippen LogP contribution in [-0.4, -0.2) is 40.5 Å². The summed E-state index contributed by atoms with van der Waals surface area (Å²) in [5.74, 6) is 0.782. The number of hydrazine groups is 1. The van der Waals surface area contributed by atoms with E-state index in [9.17, 15) is 0 Å². The zero-order chi connectivity index (χ0) is 11.1. The van der Waals surface area contributed by atoms with E-state index in [1.807, 2.05) is 11.8 Å². The molecular weight excluding hydrogens is 288 g/mol. The third-order valence-corrected chi connectivity index (χ3v) is 5.61. The van der Waals surface area contributed by atoms with E-state index in [0.29, 0.717) is 22.7 Å². The monoisotopic (exact) mass is 306 g/mol. The van der Waals surface area contributed by atoms with E-state index >= 15 is 0 Å². The topological polar surface area (TPSA) is 39.3 Å². The summed E-state index contributed by atoms with van der Waals surface area (Å²) in [6.07, 6.45) is 6.45. The molecule has 4 nitrogen and oxygen atoms in total. The van der Waals surface area contributed by atoms with E-state index in [4.69, 9.17) is 0 Å². The first-order valence-corrected chi connectivity index (χ1v) is 8.20. The van der Waals surface area contributed by atoms with Gasteiger partial charge in [0.2, 0.25) is 0 Å². The van der Waals surface area contributed by atoms with E-state index in [0.717, 1.165) is 12.5 Å². The number of thioether (sulfide) groups is 1. The number of rotatable bonds is 1. The maximum Gasteiger partial charge on any atom is 0.129 e. The molecule has 0 bridgehead atoms. The molecule has 5 unspecified atom stereocenters. The first kappa shape index (κ1) is 11.7. The highest BCUT2D eigenvalue weighted by molar-refractivity contribution is 9.09. The van der Waals surface area contributed by atoms with Crippen molar-refractivity contribution in [1.82, 2.24) is 21.1 Å². The van der Waals surface area contributed by atoms with Crippen molar-refractivity contribution in [2.75, 3.05) is 12.8 Å². The molecule has 16 heavy (non-hydrogen) atoms. The Morgan fingerprint density at radius 2 is 2.19 bits per heavy atom. The maximum atomic E-state index is 3.82. The molecule has 3 N–H and O–H groups in total. The summed E-state index contributed by atoms with van der Waals surface area (Å²) in [4.78, 5) is 0.642. The van der Waals surface area contributed by atoms with Crippen molar-refractivity contribution in [2.45, 2.75) is 41.9 Å². The number of fused-ring (bicyclic) bond motifs is 2. The molecule has 0 aromatic carbocycles. The molecule has 2 heterocycles. The fourth-order valence-corrected chi connectivity index (χ4v) is 4.44. The Labute approximate surface area is 109 Å². The summed E-state index contributed by atoms with van der Waals surface area (Å²) in [7, 11) is 0. The lowest BCUT2D eigenvalue weighted by molar-refractivity contribution is 0.0366. The fourth-order valence-electron chi connectivity index (χ4n) is 3.02. The number of halogens is 1. The molecule has 1 aliphatic carbocycles. The standard InChI is InChI=1S/C10H19BrN4S/c1-16-10-13-9-12-8-6(5-15(9)14-10)3-2-4-7(8)11/h6-10,12-14H,2-5H2,1H3. The molecule has 3 rings (SSSR count). The minimum absolute atomic E-state index is 0.303. The van der Waals surface area contributed by atoms with Crippen LogP contribution in [0.5, 0.6) is 0 Å². The Hall–Kier alpha value is 0.670. The second-order valence-corrected chi connectivity index (χ2v) is 6.98. The molecule has 0 amide bonds. The number of hydrogen-bond donors (Lipinski definition) is 3. The van der Waals surface area contributed by atoms with Crippen molar-refractivity contribution in [2.24, 2.45) is 5.92 Å². The van der Waals surface area contributed by atoms with Crippen LogP contribution < -0.4 is 16.1 Å². The molecule has 5 atom stereocenters. The number of nitrogens with zero attached hydrogens (tertiary/aromatic N) is 1. The summed E-state index contributed by atoms with van der Waals surface area (Å²) in [6, 6.07) is 0.630. The second kappa shape index (κ2) is 4.74. The largest absolute Gasteiger partial charge is 0.284 e. The van der Waals surface area contributed by atoms with Gasteiger partial charge in [0.15, 0.2) is 0 Å². The minimum Gasteiger partial charge on any atom is -0.284 e. The fraction of sp³-hybridized carbons (Fsp3) is 1.00. The highest BCUT2D eigenvalue weighted by atomic mass is 79.9. The molecule has 0 aromatic rings. The number of alkyl halides is 1. The molecule has 2 saturated heterocycles. The molecule has 92 valence electrons. The van der Waals surface area contributed by atoms with Crippen molar-refractivity contribution in [3.05, 3.63) is 0 Å². The summed E-state index contributed by atoms with van der Waals surface area (Å²) < 4.78 is 0.